The second-order valence-corrected chi connectivity index (χ2v) is 20.5. The zero-order valence-electron chi connectivity index (χ0n) is 26.0. The number of fused-ring (bicyclic) bond motifs is 1. The van der Waals surface area contributed by atoms with E-state index in [4.69, 9.17) is 0 Å². The smallest absolute Gasteiger partial charge is 0.00467 e. The lowest BCUT2D eigenvalue weighted by atomic mass is 10.1. The van der Waals surface area contributed by atoms with Gasteiger partial charge >= 0.3 is 0 Å². The van der Waals surface area contributed by atoms with Gasteiger partial charge in [-0.25, -0.2) is 0 Å². The predicted octanol–water partition coefficient (Wildman–Crippen LogP) is 8.32. The molecule has 0 amide bonds. The summed E-state index contributed by atoms with van der Waals surface area (Å²) in [4.78, 5) is 0. The Hall–Kier alpha value is -4.43. The first kappa shape index (κ1) is 29.9. The van der Waals surface area contributed by atoms with Crippen LogP contribution in [0, 0.1) is 0 Å². The van der Waals surface area contributed by atoms with Crippen LogP contribution in [0.25, 0.3) is 0 Å². The fourth-order valence-corrected chi connectivity index (χ4v) is 20.9. The number of rotatable bonds is 6. The Labute approximate surface area is 280 Å². The van der Waals surface area contributed by atoms with Crippen LogP contribution in [0.4, 0.5) is 0 Å². The highest BCUT2D eigenvalue weighted by atomic mass is 31.2. The first-order valence-electron chi connectivity index (χ1n) is 16.1. The third-order valence-corrected chi connectivity index (χ3v) is 21.2. The molecule has 1 heterocycles. The molecule has 0 N–H and O–H groups in total. The summed E-state index contributed by atoms with van der Waals surface area (Å²) in [7, 11) is 0.517. The molecule has 0 saturated heterocycles. The van der Waals surface area contributed by atoms with Crippen LogP contribution in [0.15, 0.2) is 206 Å². The van der Waals surface area contributed by atoms with Crippen LogP contribution in [0.2, 0.25) is 0 Å². The summed E-state index contributed by atoms with van der Waals surface area (Å²) in [5.74, 6) is 0. The molecule has 0 fully saturated rings. The maximum atomic E-state index is 2.41. The number of benzene rings is 7. The van der Waals surface area contributed by atoms with Gasteiger partial charge in [0.25, 0.3) is 0 Å². The van der Waals surface area contributed by atoms with Crippen LogP contribution in [0.1, 0.15) is 11.1 Å². The van der Waals surface area contributed by atoms with E-state index in [1.807, 2.05) is 0 Å². The normalized spacial score (nSPS) is 12.9. The van der Waals surface area contributed by atoms with Gasteiger partial charge in [-0.05, 0) is 66.8 Å². The van der Waals surface area contributed by atoms with Crippen molar-refractivity contribution < 1.29 is 0 Å². The Kier molecular flexibility index (Phi) is 8.28. The molecule has 0 nitrogen and oxygen atoms in total. The van der Waals surface area contributed by atoms with Gasteiger partial charge in [0, 0.05) is 0 Å². The SMILES string of the molecule is c1ccc(P(=C2PC(=P(c3ccccc3)(c3ccccc3)c3ccccc3)c3ccccc32)(c2ccccc2)c2ccccc2)cc1. The Morgan fingerprint density at radius 1 is 0.234 bits per heavy atom. The fourth-order valence-electron chi connectivity index (χ4n) is 7.25. The largest absolute Gasteiger partial charge is 0.0622 e. The highest BCUT2D eigenvalue weighted by molar-refractivity contribution is 8.14. The molecule has 8 rings (SSSR count). The van der Waals surface area contributed by atoms with Gasteiger partial charge in [0.2, 0.25) is 0 Å². The average Bonchev–Trinajstić information content (AvgIpc) is 3.55. The zero-order valence-corrected chi connectivity index (χ0v) is 28.8. The molecule has 7 aromatic rings. The molecule has 1 aliphatic rings. The molecule has 226 valence electrons. The minimum absolute atomic E-state index is 0.517. The minimum atomic E-state index is -2.29. The van der Waals surface area contributed by atoms with E-state index in [0.717, 1.165) is 0 Å². The Morgan fingerprint density at radius 2 is 0.426 bits per heavy atom. The molecule has 0 saturated carbocycles. The molecular weight excluding hydrogens is 621 g/mol. The standard InChI is InChI=1S/C44H35P3/c1-7-21-35(22-8-1)46(36-23-9-2-10-24-36,37-25-11-3-12-26-37)43-41-33-19-20-34-42(41)44(45-43)47(38-27-13-4-14-28-38,39-29-15-5-16-30-39)40-31-17-6-18-32-40/h1-34,45H. The van der Waals surface area contributed by atoms with Gasteiger partial charge in [0.15, 0.2) is 0 Å². The van der Waals surface area contributed by atoms with E-state index in [1.165, 1.54) is 43.0 Å². The van der Waals surface area contributed by atoms with E-state index in [0.29, 0.717) is 8.58 Å². The summed E-state index contributed by atoms with van der Waals surface area (Å²) < 4.78 is 0. The molecule has 7 aromatic carbocycles. The highest BCUT2D eigenvalue weighted by Gasteiger charge is 2.40. The molecule has 1 aliphatic heterocycles. The van der Waals surface area contributed by atoms with Crippen molar-refractivity contribution in [1.29, 1.82) is 0 Å². The molecule has 0 spiro atoms. The minimum Gasteiger partial charge on any atom is -0.0622 e. The second-order valence-electron chi connectivity index (χ2n) is 11.7. The maximum absolute atomic E-state index is 2.41. The highest BCUT2D eigenvalue weighted by Crippen LogP contribution is 2.61. The average molecular weight is 657 g/mol. The van der Waals surface area contributed by atoms with Crippen LogP contribution in [-0.2, 0) is 0 Å². The predicted molar refractivity (Wildman–Crippen MR) is 213 cm³/mol. The Bertz CT molecular complexity index is 1870. The lowest BCUT2D eigenvalue weighted by Crippen LogP contribution is -2.30. The summed E-state index contributed by atoms with van der Waals surface area (Å²) in [6.45, 7) is -4.58. The molecule has 0 aliphatic carbocycles. The van der Waals surface area contributed by atoms with Crippen molar-refractivity contribution in [2.45, 2.75) is 0 Å². The van der Waals surface area contributed by atoms with Gasteiger partial charge in [0.1, 0.15) is 0 Å². The molecule has 3 heteroatoms. The van der Waals surface area contributed by atoms with Gasteiger partial charge < -0.3 is 0 Å². The first-order valence-corrected chi connectivity index (χ1v) is 20.7. The molecular formula is C44H35P3. The quantitative estimate of drug-likeness (QED) is 0.158. The number of hydrogen-bond acceptors (Lipinski definition) is 0. The first-order chi connectivity index (χ1) is 23.3. The van der Waals surface area contributed by atoms with Crippen molar-refractivity contribution in [3.63, 3.8) is 0 Å². The lowest BCUT2D eigenvalue weighted by Gasteiger charge is -2.33. The van der Waals surface area contributed by atoms with Crippen LogP contribution in [-0.4, -0.2) is 10.1 Å². The Balaban J connectivity index is 1.64. The van der Waals surface area contributed by atoms with Gasteiger partial charge in [-0.1, -0.05) is 215 Å². The van der Waals surface area contributed by atoms with Crippen LogP contribution in [0.3, 0.4) is 0 Å². The van der Waals surface area contributed by atoms with Crippen molar-refractivity contribution in [3.8, 4) is 0 Å². The monoisotopic (exact) mass is 656 g/mol. The van der Waals surface area contributed by atoms with Crippen molar-refractivity contribution in [2.24, 2.45) is 0 Å². The van der Waals surface area contributed by atoms with E-state index in [2.05, 4.69) is 206 Å². The fraction of sp³-hybridized carbons (Fsp3) is 0. The van der Waals surface area contributed by atoms with Crippen LogP contribution >= 0.6 is 22.4 Å². The van der Waals surface area contributed by atoms with Gasteiger partial charge in [-0.3, -0.25) is 0 Å². The Morgan fingerprint density at radius 3 is 0.638 bits per heavy atom. The van der Waals surface area contributed by atoms with E-state index < -0.39 is 13.8 Å². The van der Waals surface area contributed by atoms with Crippen molar-refractivity contribution in [3.05, 3.63) is 217 Å². The van der Waals surface area contributed by atoms with Crippen molar-refractivity contribution in [1.82, 2.24) is 0 Å². The molecule has 0 aromatic heterocycles. The van der Waals surface area contributed by atoms with Crippen molar-refractivity contribution in [2.75, 3.05) is 0 Å². The summed E-state index contributed by atoms with van der Waals surface area (Å²) >= 11 is 0. The van der Waals surface area contributed by atoms with Gasteiger partial charge in [-0.2, -0.15) is 0 Å². The van der Waals surface area contributed by atoms with E-state index >= 15 is 0 Å². The van der Waals surface area contributed by atoms with E-state index in [-0.39, 0.29) is 0 Å². The molecule has 0 atom stereocenters. The summed E-state index contributed by atoms with van der Waals surface area (Å²) in [6.07, 6.45) is 0. The van der Waals surface area contributed by atoms with Crippen molar-refractivity contribution >= 4 is 64.2 Å². The molecule has 0 unspecified atom stereocenters. The topological polar surface area (TPSA) is 0 Å². The summed E-state index contributed by atoms with van der Waals surface area (Å²) in [6, 6.07) is 77.4. The summed E-state index contributed by atoms with van der Waals surface area (Å²) in [5, 5.41) is 11.5. The van der Waals surface area contributed by atoms with Gasteiger partial charge in [-0.15, -0.1) is 0 Å². The maximum Gasteiger partial charge on any atom is -0.00467 e. The third kappa shape index (κ3) is 4.96. The van der Waals surface area contributed by atoms with Gasteiger partial charge in [0.05, 0.1) is 0 Å². The lowest BCUT2D eigenvalue weighted by molar-refractivity contribution is 1.66. The second kappa shape index (κ2) is 13.0. The van der Waals surface area contributed by atoms with E-state index in [9.17, 15) is 0 Å². The molecule has 0 bridgehead atoms. The van der Waals surface area contributed by atoms with E-state index in [1.54, 1.807) is 10.1 Å². The van der Waals surface area contributed by atoms with Crippen LogP contribution < -0.4 is 31.8 Å². The third-order valence-electron chi connectivity index (χ3n) is 9.21. The molecule has 0 radical (unpaired) electrons. The summed E-state index contributed by atoms with van der Waals surface area (Å²) in [5.41, 5.74) is 2.80. The zero-order chi connectivity index (χ0) is 31.5. The van der Waals surface area contributed by atoms with Crippen LogP contribution in [0.5, 0.6) is 0 Å². The number of hydrogen-bond donors (Lipinski definition) is 0. The molecule has 47 heavy (non-hydrogen) atoms.